The van der Waals surface area contributed by atoms with Crippen LogP contribution in [0.3, 0.4) is 0 Å². The summed E-state index contributed by atoms with van der Waals surface area (Å²) < 4.78 is 0. The Balaban J connectivity index is 3.68. The van der Waals surface area contributed by atoms with Crippen LogP contribution in [-0.2, 0) is 0 Å². The van der Waals surface area contributed by atoms with Crippen molar-refractivity contribution >= 4 is 0 Å². The molecule has 1 nitrogen and oxygen atoms in total. The van der Waals surface area contributed by atoms with Gasteiger partial charge in [0.05, 0.1) is 0 Å². The molecule has 0 rings (SSSR count). The molecule has 0 aromatic carbocycles. The topological polar surface area (TPSA) is 26.0 Å². The number of rotatable bonds is 5. The van der Waals surface area contributed by atoms with E-state index in [1.807, 2.05) is 0 Å². The van der Waals surface area contributed by atoms with E-state index in [-0.39, 0.29) is 0 Å². The molecule has 0 aromatic rings. The largest absolute Gasteiger partial charge is 0.330 e. The Morgan fingerprint density at radius 1 is 1.45 bits per heavy atom. The molecular weight excluding hydrogens is 134 g/mol. The minimum atomic E-state index is 0.361. The molecule has 0 aromatic heterocycles. The van der Waals surface area contributed by atoms with Gasteiger partial charge in [0.2, 0.25) is 0 Å². The molecule has 0 aliphatic carbocycles. The molecular formula is C10H21N. The smallest absolute Gasteiger partial charge is 0.00232 e. The normalized spacial score (nSPS) is 17.1. The summed E-state index contributed by atoms with van der Waals surface area (Å²) in [6.07, 6.45) is 7.87. The van der Waals surface area contributed by atoms with E-state index in [1.165, 1.54) is 12.8 Å². The fourth-order valence-electron chi connectivity index (χ4n) is 1.02. The van der Waals surface area contributed by atoms with Crippen LogP contribution in [0.4, 0.5) is 0 Å². The molecule has 0 fully saturated rings. The lowest BCUT2D eigenvalue weighted by Crippen LogP contribution is -2.25. The lowest BCUT2D eigenvalue weighted by Gasteiger charge is -2.25. The second-order valence-electron chi connectivity index (χ2n) is 3.48. The Hall–Kier alpha value is -0.300. The van der Waals surface area contributed by atoms with E-state index in [0.29, 0.717) is 5.41 Å². The molecule has 0 amide bonds. The summed E-state index contributed by atoms with van der Waals surface area (Å²) in [5.41, 5.74) is 6.04. The summed E-state index contributed by atoms with van der Waals surface area (Å²) >= 11 is 0. The van der Waals surface area contributed by atoms with E-state index < -0.39 is 0 Å². The van der Waals surface area contributed by atoms with Gasteiger partial charge in [-0.3, -0.25) is 0 Å². The second kappa shape index (κ2) is 5.36. The molecule has 11 heavy (non-hydrogen) atoms. The molecule has 0 aliphatic heterocycles. The standard InChI is InChI=1S/C10H21N/c1-4-6-7-8-10(3,5-2)9-11/h4,6H,5,7-9,11H2,1-3H3/b6-4+. The van der Waals surface area contributed by atoms with Gasteiger partial charge in [0.15, 0.2) is 0 Å². The first-order valence-corrected chi connectivity index (χ1v) is 4.49. The zero-order valence-corrected chi connectivity index (χ0v) is 8.06. The Morgan fingerprint density at radius 2 is 2.09 bits per heavy atom. The van der Waals surface area contributed by atoms with Crippen molar-refractivity contribution in [3.05, 3.63) is 12.2 Å². The predicted molar refractivity (Wildman–Crippen MR) is 51.5 cm³/mol. The fourth-order valence-corrected chi connectivity index (χ4v) is 1.02. The van der Waals surface area contributed by atoms with Gasteiger partial charge in [0.25, 0.3) is 0 Å². The van der Waals surface area contributed by atoms with Gasteiger partial charge < -0.3 is 5.73 Å². The Kier molecular flexibility index (Phi) is 5.22. The monoisotopic (exact) mass is 155 g/mol. The lowest BCUT2D eigenvalue weighted by molar-refractivity contribution is 0.299. The Labute approximate surface area is 70.7 Å². The highest BCUT2D eigenvalue weighted by Crippen LogP contribution is 2.25. The number of hydrogen-bond acceptors (Lipinski definition) is 1. The summed E-state index contributed by atoms with van der Waals surface area (Å²) in [6, 6.07) is 0. The van der Waals surface area contributed by atoms with Crippen LogP contribution >= 0.6 is 0 Å². The molecule has 0 spiro atoms. The maximum Gasteiger partial charge on any atom is -0.00232 e. The quantitative estimate of drug-likeness (QED) is 0.607. The first-order valence-electron chi connectivity index (χ1n) is 4.49. The minimum absolute atomic E-state index is 0.361. The van der Waals surface area contributed by atoms with Crippen molar-refractivity contribution in [3.63, 3.8) is 0 Å². The number of hydrogen-bond donors (Lipinski definition) is 1. The van der Waals surface area contributed by atoms with Gasteiger partial charge in [0, 0.05) is 0 Å². The Morgan fingerprint density at radius 3 is 2.45 bits per heavy atom. The molecule has 0 saturated carbocycles. The van der Waals surface area contributed by atoms with E-state index in [1.54, 1.807) is 0 Å². The Bertz CT molecular complexity index is 112. The van der Waals surface area contributed by atoms with Gasteiger partial charge in [-0.15, -0.1) is 0 Å². The molecule has 1 atom stereocenters. The predicted octanol–water partition coefficient (Wildman–Crippen LogP) is 2.72. The van der Waals surface area contributed by atoms with Gasteiger partial charge in [-0.05, 0) is 38.1 Å². The number of nitrogens with two attached hydrogens (primary N) is 1. The lowest BCUT2D eigenvalue weighted by atomic mass is 9.83. The van der Waals surface area contributed by atoms with Crippen molar-refractivity contribution in [1.29, 1.82) is 0 Å². The SMILES string of the molecule is C/C=C/CCC(C)(CC)CN. The molecule has 0 aliphatic rings. The minimum Gasteiger partial charge on any atom is -0.330 e. The summed E-state index contributed by atoms with van der Waals surface area (Å²) in [5, 5.41) is 0. The number of allylic oxidation sites excluding steroid dienone is 2. The van der Waals surface area contributed by atoms with Crippen LogP contribution in [0.25, 0.3) is 0 Å². The van der Waals surface area contributed by atoms with Gasteiger partial charge in [0.1, 0.15) is 0 Å². The van der Waals surface area contributed by atoms with Crippen LogP contribution < -0.4 is 5.73 Å². The van der Waals surface area contributed by atoms with Crippen LogP contribution in [0, 0.1) is 5.41 Å². The summed E-state index contributed by atoms with van der Waals surface area (Å²) in [7, 11) is 0. The molecule has 0 saturated heterocycles. The maximum absolute atomic E-state index is 5.68. The zero-order chi connectivity index (χ0) is 8.74. The molecule has 2 N–H and O–H groups in total. The maximum atomic E-state index is 5.68. The summed E-state index contributed by atoms with van der Waals surface area (Å²) in [4.78, 5) is 0. The molecule has 1 heteroatoms. The second-order valence-corrected chi connectivity index (χ2v) is 3.48. The van der Waals surface area contributed by atoms with E-state index in [0.717, 1.165) is 13.0 Å². The van der Waals surface area contributed by atoms with Crippen LogP contribution in [0.15, 0.2) is 12.2 Å². The third-order valence-electron chi connectivity index (χ3n) is 2.50. The highest BCUT2D eigenvalue weighted by molar-refractivity contribution is 4.82. The highest BCUT2D eigenvalue weighted by Gasteiger charge is 2.18. The van der Waals surface area contributed by atoms with Crippen molar-refractivity contribution in [2.75, 3.05) is 6.54 Å². The molecule has 0 radical (unpaired) electrons. The van der Waals surface area contributed by atoms with Gasteiger partial charge in [-0.1, -0.05) is 26.0 Å². The van der Waals surface area contributed by atoms with Crippen molar-refractivity contribution in [2.45, 2.75) is 40.0 Å². The fraction of sp³-hybridized carbons (Fsp3) is 0.800. The molecule has 1 unspecified atom stereocenters. The van der Waals surface area contributed by atoms with Crippen LogP contribution in [-0.4, -0.2) is 6.54 Å². The van der Waals surface area contributed by atoms with Gasteiger partial charge >= 0.3 is 0 Å². The zero-order valence-electron chi connectivity index (χ0n) is 8.06. The van der Waals surface area contributed by atoms with E-state index in [4.69, 9.17) is 5.73 Å². The van der Waals surface area contributed by atoms with E-state index in [9.17, 15) is 0 Å². The first-order chi connectivity index (χ1) is 5.18. The van der Waals surface area contributed by atoms with E-state index in [2.05, 4.69) is 32.9 Å². The summed E-state index contributed by atoms with van der Waals surface area (Å²) in [5.74, 6) is 0. The van der Waals surface area contributed by atoms with Crippen molar-refractivity contribution in [3.8, 4) is 0 Å². The highest BCUT2D eigenvalue weighted by atomic mass is 14.6. The van der Waals surface area contributed by atoms with Gasteiger partial charge in [-0.25, -0.2) is 0 Å². The van der Waals surface area contributed by atoms with Crippen LogP contribution in [0.5, 0.6) is 0 Å². The average Bonchev–Trinajstić information content (AvgIpc) is 2.05. The third kappa shape index (κ3) is 4.20. The molecule has 0 heterocycles. The van der Waals surface area contributed by atoms with Crippen molar-refractivity contribution < 1.29 is 0 Å². The van der Waals surface area contributed by atoms with Crippen molar-refractivity contribution in [1.82, 2.24) is 0 Å². The van der Waals surface area contributed by atoms with Crippen LogP contribution in [0.1, 0.15) is 40.0 Å². The molecule has 0 bridgehead atoms. The van der Waals surface area contributed by atoms with Crippen molar-refractivity contribution in [2.24, 2.45) is 11.1 Å². The van der Waals surface area contributed by atoms with Gasteiger partial charge in [-0.2, -0.15) is 0 Å². The summed E-state index contributed by atoms with van der Waals surface area (Å²) in [6.45, 7) is 7.34. The third-order valence-corrected chi connectivity index (χ3v) is 2.50. The molecule has 66 valence electrons. The van der Waals surface area contributed by atoms with Crippen LogP contribution in [0.2, 0.25) is 0 Å². The first kappa shape index (κ1) is 10.7. The average molecular weight is 155 g/mol. The van der Waals surface area contributed by atoms with E-state index >= 15 is 0 Å².